The molecule has 0 aromatic carbocycles. The van der Waals surface area contributed by atoms with Crippen LogP contribution in [0.25, 0.3) is 0 Å². The van der Waals surface area contributed by atoms with Crippen LogP contribution in [0.2, 0.25) is 0 Å². The Morgan fingerprint density at radius 3 is 2.76 bits per heavy atom. The number of thiazole rings is 1. The summed E-state index contributed by atoms with van der Waals surface area (Å²) in [6.45, 7) is 7.72. The average Bonchev–Trinajstić information content (AvgIpc) is 2.58. The van der Waals surface area contributed by atoms with Gasteiger partial charge in [-0.3, -0.25) is 0 Å². The topological polar surface area (TPSA) is 77.2 Å². The van der Waals surface area contributed by atoms with Crippen molar-refractivity contribution in [3.8, 4) is 0 Å². The lowest BCUT2D eigenvalue weighted by molar-refractivity contribution is 0.0524. The molecule has 6 heteroatoms. The van der Waals surface area contributed by atoms with Gasteiger partial charge in [0.1, 0.15) is 5.60 Å². The van der Waals surface area contributed by atoms with Gasteiger partial charge >= 0.3 is 6.09 Å². The third kappa shape index (κ3) is 5.14. The molecule has 1 atom stereocenters. The number of amides is 1. The molecule has 1 heterocycles. The zero-order chi connectivity index (χ0) is 13.1. The average molecular weight is 257 g/mol. The minimum Gasteiger partial charge on any atom is -0.444 e. The summed E-state index contributed by atoms with van der Waals surface area (Å²) >= 11 is 1.53. The highest BCUT2D eigenvalue weighted by molar-refractivity contribution is 7.11. The number of nitrogens with zero attached hydrogens (tertiary/aromatic N) is 1. The van der Waals surface area contributed by atoms with Gasteiger partial charge in [0, 0.05) is 17.6 Å². The van der Waals surface area contributed by atoms with Crippen molar-refractivity contribution in [2.75, 3.05) is 6.54 Å². The SMILES string of the molecule is Cc1ncc(C(N)CNC(=O)OC(C)(C)C)s1. The number of nitrogens with two attached hydrogens (primary N) is 1. The first-order valence-corrected chi connectivity index (χ1v) is 6.24. The molecule has 0 aliphatic carbocycles. The maximum atomic E-state index is 11.4. The first-order valence-electron chi connectivity index (χ1n) is 5.42. The molecule has 0 saturated heterocycles. The Balaban J connectivity index is 2.38. The number of rotatable bonds is 3. The van der Waals surface area contributed by atoms with Crippen LogP contribution in [0, 0.1) is 6.92 Å². The lowest BCUT2D eigenvalue weighted by Gasteiger charge is -2.20. The van der Waals surface area contributed by atoms with Crippen LogP contribution in [-0.2, 0) is 4.74 Å². The summed E-state index contributed by atoms with van der Waals surface area (Å²) in [7, 11) is 0. The highest BCUT2D eigenvalue weighted by Crippen LogP contribution is 2.17. The van der Waals surface area contributed by atoms with E-state index < -0.39 is 11.7 Å². The van der Waals surface area contributed by atoms with Gasteiger partial charge in [0.15, 0.2) is 0 Å². The number of carbonyl (C=O) groups excluding carboxylic acids is 1. The second-order valence-electron chi connectivity index (χ2n) is 4.77. The summed E-state index contributed by atoms with van der Waals surface area (Å²) in [4.78, 5) is 16.5. The van der Waals surface area contributed by atoms with Crippen LogP contribution in [0.15, 0.2) is 6.20 Å². The summed E-state index contributed by atoms with van der Waals surface area (Å²) < 4.78 is 5.11. The van der Waals surface area contributed by atoms with E-state index in [9.17, 15) is 4.79 Å². The number of hydrogen-bond acceptors (Lipinski definition) is 5. The van der Waals surface area contributed by atoms with E-state index in [1.165, 1.54) is 11.3 Å². The predicted octanol–water partition coefficient (Wildman–Crippen LogP) is 1.98. The van der Waals surface area contributed by atoms with Crippen LogP contribution in [0.5, 0.6) is 0 Å². The Morgan fingerprint density at radius 2 is 2.29 bits per heavy atom. The van der Waals surface area contributed by atoms with E-state index in [4.69, 9.17) is 10.5 Å². The highest BCUT2D eigenvalue weighted by Gasteiger charge is 2.17. The van der Waals surface area contributed by atoms with Gasteiger partial charge in [-0.15, -0.1) is 11.3 Å². The summed E-state index contributed by atoms with van der Waals surface area (Å²) in [5.74, 6) is 0. The quantitative estimate of drug-likeness (QED) is 0.868. The Hall–Kier alpha value is -1.14. The molecule has 1 amide bonds. The maximum Gasteiger partial charge on any atom is 0.407 e. The van der Waals surface area contributed by atoms with Crippen molar-refractivity contribution in [2.24, 2.45) is 5.73 Å². The normalized spacial score (nSPS) is 13.2. The van der Waals surface area contributed by atoms with Crippen LogP contribution >= 0.6 is 11.3 Å². The van der Waals surface area contributed by atoms with E-state index in [-0.39, 0.29) is 6.04 Å². The standard InChI is InChI=1S/C11H19N3O2S/c1-7-13-6-9(17-7)8(12)5-14-10(15)16-11(2,3)4/h6,8H,5,12H2,1-4H3,(H,14,15). The lowest BCUT2D eigenvalue weighted by Crippen LogP contribution is -2.36. The molecule has 0 bridgehead atoms. The van der Waals surface area contributed by atoms with Gasteiger partial charge in [-0.2, -0.15) is 0 Å². The van der Waals surface area contributed by atoms with Gasteiger partial charge in [-0.05, 0) is 27.7 Å². The second kappa shape index (κ2) is 5.46. The van der Waals surface area contributed by atoms with Crippen molar-refractivity contribution >= 4 is 17.4 Å². The zero-order valence-electron chi connectivity index (χ0n) is 10.6. The molecule has 1 aromatic heterocycles. The molecule has 0 aliphatic rings. The molecule has 0 fully saturated rings. The maximum absolute atomic E-state index is 11.4. The van der Waals surface area contributed by atoms with Crippen LogP contribution in [0.3, 0.4) is 0 Å². The minimum atomic E-state index is -0.491. The molecule has 1 rings (SSSR count). The molecule has 0 spiro atoms. The second-order valence-corrected chi connectivity index (χ2v) is 6.04. The van der Waals surface area contributed by atoms with E-state index >= 15 is 0 Å². The molecular formula is C11H19N3O2S. The molecule has 3 N–H and O–H groups in total. The van der Waals surface area contributed by atoms with Crippen LogP contribution in [0.4, 0.5) is 4.79 Å². The number of nitrogens with one attached hydrogen (secondary N) is 1. The van der Waals surface area contributed by atoms with Gasteiger partial charge in [-0.25, -0.2) is 9.78 Å². The molecule has 1 unspecified atom stereocenters. The summed E-state index contributed by atoms with van der Waals surface area (Å²) in [5.41, 5.74) is 5.43. The number of aromatic nitrogens is 1. The summed E-state index contributed by atoms with van der Waals surface area (Å²) in [5, 5.41) is 3.60. The zero-order valence-corrected chi connectivity index (χ0v) is 11.4. The third-order valence-corrected chi connectivity index (χ3v) is 2.91. The number of carbonyl (C=O) groups is 1. The van der Waals surface area contributed by atoms with Gasteiger partial charge in [-0.1, -0.05) is 0 Å². The van der Waals surface area contributed by atoms with Crippen molar-refractivity contribution < 1.29 is 9.53 Å². The monoisotopic (exact) mass is 257 g/mol. The van der Waals surface area contributed by atoms with Crippen LogP contribution in [0.1, 0.15) is 36.7 Å². The van der Waals surface area contributed by atoms with Gasteiger partial charge < -0.3 is 15.8 Å². The fourth-order valence-corrected chi connectivity index (χ4v) is 1.94. The first-order chi connectivity index (χ1) is 7.78. The highest BCUT2D eigenvalue weighted by atomic mass is 32.1. The number of hydrogen-bond donors (Lipinski definition) is 2. The smallest absolute Gasteiger partial charge is 0.407 e. The predicted molar refractivity (Wildman–Crippen MR) is 68.0 cm³/mol. The number of ether oxygens (including phenoxy) is 1. The molecular weight excluding hydrogens is 238 g/mol. The van der Waals surface area contributed by atoms with E-state index in [1.807, 2.05) is 27.7 Å². The fourth-order valence-electron chi connectivity index (χ4n) is 1.16. The molecule has 17 heavy (non-hydrogen) atoms. The van der Waals surface area contributed by atoms with Crippen molar-refractivity contribution in [1.29, 1.82) is 0 Å². The lowest BCUT2D eigenvalue weighted by atomic mass is 10.2. The van der Waals surface area contributed by atoms with Crippen molar-refractivity contribution in [1.82, 2.24) is 10.3 Å². The van der Waals surface area contributed by atoms with Crippen molar-refractivity contribution in [2.45, 2.75) is 39.3 Å². The molecule has 0 radical (unpaired) electrons. The molecule has 0 saturated carbocycles. The molecule has 5 nitrogen and oxygen atoms in total. The molecule has 0 aliphatic heterocycles. The van der Waals surface area contributed by atoms with Crippen LogP contribution < -0.4 is 11.1 Å². The first kappa shape index (κ1) is 13.9. The Morgan fingerprint density at radius 1 is 1.65 bits per heavy atom. The number of aryl methyl sites for hydroxylation is 1. The number of alkyl carbamates (subject to hydrolysis) is 1. The van der Waals surface area contributed by atoms with Gasteiger partial charge in [0.2, 0.25) is 0 Å². The van der Waals surface area contributed by atoms with E-state index in [1.54, 1.807) is 6.20 Å². The van der Waals surface area contributed by atoms with Crippen molar-refractivity contribution in [3.05, 3.63) is 16.1 Å². The van der Waals surface area contributed by atoms with E-state index in [0.29, 0.717) is 6.54 Å². The summed E-state index contributed by atoms with van der Waals surface area (Å²) in [6.07, 6.45) is 1.29. The Labute approximate surface area is 105 Å². The van der Waals surface area contributed by atoms with E-state index in [0.717, 1.165) is 9.88 Å². The summed E-state index contributed by atoms with van der Waals surface area (Å²) in [6, 6.07) is -0.242. The largest absolute Gasteiger partial charge is 0.444 e. The van der Waals surface area contributed by atoms with Crippen LogP contribution in [-0.4, -0.2) is 23.2 Å². The minimum absolute atomic E-state index is 0.242. The molecule has 96 valence electrons. The Kier molecular flexibility index (Phi) is 4.47. The Bertz CT molecular complexity index is 384. The van der Waals surface area contributed by atoms with Crippen molar-refractivity contribution in [3.63, 3.8) is 0 Å². The van der Waals surface area contributed by atoms with E-state index in [2.05, 4.69) is 10.3 Å². The molecule has 1 aromatic rings. The third-order valence-electron chi connectivity index (χ3n) is 1.87. The van der Waals surface area contributed by atoms with Gasteiger partial charge in [0.05, 0.1) is 11.0 Å². The fraction of sp³-hybridized carbons (Fsp3) is 0.636. The van der Waals surface area contributed by atoms with Gasteiger partial charge in [0.25, 0.3) is 0 Å².